The maximum Gasteiger partial charge on any atom is 0.283 e. The number of halogens is 1. The Kier molecular flexibility index (Phi) is 4.19. The van der Waals surface area contributed by atoms with Crippen LogP contribution in [0.1, 0.15) is 37.3 Å². The average Bonchev–Trinajstić information content (AvgIpc) is 2.71. The normalized spacial score (nSPS) is 22.3. The van der Waals surface area contributed by atoms with E-state index in [-0.39, 0.29) is 17.0 Å². The van der Waals surface area contributed by atoms with Gasteiger partial charge >= 0.3 is 0 Å². The summed E-state index contributed by atoms with van der Waals surface area (Å²) < 4.78 is 0. The second kappa shape index (κ2) is 6.00. The molecule has 0 aliphatic carbocycles. The minimum Gasteiger partial charge on any atom is -0.363 e. The predicted octanol–water partition coefficient (Wildman–Crippen LogP) is 3.50. The number of rotatable bonds is 2. The van der Waals surface area contributed by atoms with Crippen LogP contribution >= 0.6 is 11.6 Å². The molecular formula is C18H21ClN2O2. The van der Waals surface area contributed by atoms with E-state index >= 15 is 0 Å². The molecule has 3 rings (SSSR count). The summed E-state index contributed by atoms with van der Waals surface area (Å²) >= 11 is 6.28. The van der Waals surface area contributed by atoms with E-state index in [0.29, 0.717) is 11.4 Å². The van der Waals surface area contributed by atoms with Gasteiger partial charge in [0.1, 0.15) is 10.7 Å². The average molecular weight is 333 g/mol. The fourth-order valence-electron chi connectivity index (χ4n) is 3.45. The number of anilines is 1. The van der Waals surface area contributed by atoms with Crippen molar-refractivity contribution in [3.05, 3.63) is 40.1 Å². The van der Waals surface area contributed by atoms with Crippen molar-refractivity contribution in [3.63, 3.8) is 0 Å². The Hall–Kier alpha value is -1.81. The zero-order valence-electron chi connectivity index (χ0n) is 13.7. The lowest BCUT2D eigenvalue weighted by molar-refractivity contribution is -0.121. The fraction of sp³-hybridized carbons (Fsp3) is 0.444. The zero-order chi connectivity index (χ0) is 16.7. The zero-order valence-corrected chi connectivity index (χ0v) is 14.5. The van der Waals surface area contributed by atoms with Crippen molar-refractivity contribution in [1.29, 1.82) is 0 Å². The summed E-state index contributed by atoms with van der Waals surface area (Å²) in [5.41, 5.74) is 2.96. The third-order valence-electron chi connectivity index (χ3n) is 4.69. The second-order valence-electron chi connectivity index (χ2n) is 6.44. The van der Waals surface area contributed by atoms with Crippen LogP contribution in [0.2, 0.25) is 0 Å². The molecule has 1 unspecified atom stereocenters. The number of amides is 2. The maximum atomic E-state index is 12.9. The molecule has 0 N–H and O–H groups in total. The highest BCUT2D eigenvalue weighted by atomic mass is 35.5. The van der Waals surface area contributed by atoms with Crippen LogP contribution in [0.3, 0.4) is 0 Å². The van der Waals surface area contributed by atoms with E-state index in [4.69, 9.17) is 11.6 Å². The third kappa shape index (κ3) is 2.65. The summed E-state index contributed by atoms with van der Waals surface area (Å²) in [7, 11) is 0. The molecule has 0 bridgehead atoms. The molecule has 4 nitrogen and oxygen atoms in total. The molecule has 1 aromatic carbocycles. The number of nitrogens with zero attached hydrogens (tertiary/aromatic N) is 2. The Morgan fingerprint density at radius 3 is 2.52 bits per heavy atom. The highest BCUT2D eigenvalue weighted by Gasteiger charge is 2.43. The van der Waals surface area contributed by atoms with Crippen LogP contribution in [0.4, 0.5) is 5.69 Å². The van der Waals surface area contributed by atoms with E-state index in [0.717, 1.165) is 36.9 Å². The third-order valence-corrected chi connectivity index (χ3v) is 5.03. The molecule has 5 heteroatoms. The smallest absolute Gasteiger partial charge is 0.283 e. The molecule has 122 valence electrons. The number of imide groups is 1. The number of benzene rings is 1. The Bertz CT molecular complexity index is 711. The van der Waals surface area contributed by atoms with Gasteiger partial charge < -0.3 is 4.90 Å². The summed E-state index contributed by atoms with van der Waals surface area (Å²) in [4.78, 5) is 28.7. The first-order valence-electron chi connectivity index (χ1n) is 8.04. The second-order valence-corrected chi connectivity index (χ2v) is 6.81. The van der Waals surface area contributed by atoms with E-state index in [9.17, 15) is 9.59 Å². The maximum absolute atomic E-state index is 12.9. The molecule has 1 saturated heterocycles. The molecule has 1 fully saturated rings. The van der Waals surface area contributed by atoms with Gasteiger partial charge in [-0.05, 0) is 51.7 Å². The lowest BCUT2D eigenvalue weighted by atomic mass is 10.0. The number of hydrogen-bond donors (Lipinski definition) is 0. The van der Waals surface area contributed by atoms with Crippen molar-refractivity contribution in [2.24, 2.45) is 0 Å². The van der Waals surface area contributed by atoms with Crippen molar-refractivity contribution in [1.82, 2.24) is 4.90 Å². The number of carbonyl (C=O) groups excluding carboxylic acids is 2. The number of carbonyl (C=O) groups is 2. The van der Waals surface area contributed by atoms with Crippen molar-refractivity contribution >= 4 is 29.1 Å². The topological polar surface area (TPSA) is 40.6 Å². The first-order valence-corrected chi connectivity index (χ1v) is 8.42. The summed E-state index contributed by atoms with van der Waals surface area (Å²) in [6.45, 7) is 6.73. The molecule has 2 aliphatic heterocycles. The molecule has 0 spiro atoms. The summed E-state index contributed by atoms with van der Waals surface area (Å²) in [5.74, 6) is -0.725. The first-order chi connectivity index (χ1) is 10.9. The van der Waals surface area contributed by atoms with Crippen LogP contribution < -0.4 is 4.90 Å². The molecule has 2 heterocycles. The van der Waals surface area contributed by atoms with Crippen LogP contribution in [-0.4, -0.2) is 29.3 Å². The number of likely N-dealkylation sites (tertiary alicyclic amines) is 1. The van der Waals surface area contributed by atoms with Gasteiger partial charge in [0.25, 0.3) is 11.8 Å². The van der Waals surface area contributed by atoms with Gasteiger partial charge in [0.05, 0.1) is 5.69 Å². The standard InChI is InChI=1S/C18H21ClN2O2/c1-11-7-8-14(12(2)10-11)21-17(22)15(19)16(18(21)23)20-9-5-4-6-13(20)3/h7-8,10,13H,4-6,9H2,1-3H3. The van der Waals surface area contributed by atoms with Crippen LogP contribution in [0, 0.1) is 13.8 Å². The molecule has 2 aliphatic rings. The molecule has 1 aromatic rings. The van der Waals surface area contributed by atoms with Gasteiger partial charge in [0, 0.05) is 12.6 Å². The molecule has 23 heavy (non-hydrogen) atoms. The first kappa shape index (κ1) is 16.1. The van der Waals surface area contributed by atoms with E-state index in [1.165, 1.54) is 4.90 Å². The van der Waals surface area contributed by atoms with Crippen molar-refractivity contribution in [2.45, 2.75) is 46.1 Å². The van der Waals surface area contributed by atoms with Crippen LogP contribution in [-0.2, 0) is 9.59 Å². The largest absolute Gasteiger partial charge is 0.363 e. The lowest BCUT2D eigenvalue weighted by Gasteiger charge is -2.35. The van der Waals surface area contributed by atoms with Gasteiger partial charge in [0.15, 0.2) is 0 Å². The van der Waals surface area contributed by atoms with Crippen LogP contribution in [0.25, 0.3) is 0 Å². The molecule has 0 saturated carbocycles. The number of hydrogen-bond acceptors (Lipinski definition) is 3. The summed E-state index contributed by atoms with van der Waals surface area (Å²) in [6, 6.07) is 5.90. The highest BCUT2D eigenvalue weighted by Crippen LogP contribution is 2.35. The van der Waals surface area contributed by atoms with Gasteiger partial charge in [-0.15, -0.1) is 0 Å². The highest BCUT2D eigenvalue weighted by molar-refractivity contribution is 6.52. The molecule has 0 radical (unpaired) electrons. The number of piperidine rings is 1. The van der Waals surface area contributed by atoms with Crippen LogP contribution in [0.5, 0.6) is 0 Å². The van der Waals surface area contributed by atoms with Crippen LogP contribution in [0.15, 0.2) is 28.9 Å². The van der Waals surface area contributed by atoms with E-state index in [1.54, 1.807) is 0 Å². The Morgan fingerprint density at radius 1 is 1.13 bits per heavy atom. The van der Waals surface area contributed by atoms with Gasteiger partial charge in [-0.25, -0.2) is 4.90 Å². The van der Waals surface area contributed by atoms with E-state index in [2.05, 4.69) is 6.92 Å². The minimum absolute atomic E-state index is 0.0451. The van der Waals surface area contributed by atoms with Gasteiger partial charge in [-0.3, -0.25) is 9.59 Å². The molecular weight excluding hydrogens is 312 g/mol. The molecule has 0 aromatic heterocycles. The van der Waals surface area contributed by atoms with Crippen molar-refractivity contribution in [3.8, 4) is 0 Å². The summed E-state index contributed by atoms with van der Waals surface area (Å²) in [6.07, 6.45) is 3.17. The van der Waals surface area contributed by atoms with Gasteiger partial charge in [-0.2, -0.15) is 0 Å². The summed E-state index contributed by atoms with van der Waals surface area (Å²) in [5, 5.41) is 0.0451. The Labute approximate surface area is 141 Å². The predicted molar refractivity (Wildman–Crippen MR) is 91.3 cm³/mol. The van der Waals surface area contributed by atoms with Gasteiger partial charge in [0.2, 0.25) is 0 Å². The Morgan fingerprint density at radius 2 is 1.87 bits per heavy atom. The van der Waals surface area contributed by atoms with E-state index in [1.807, 2.05) is 36.9 Å². The monoisotopic (exact) mass is 332 g/mol. The molecule has 1 atom stereocenters. The van der Waals surface area contributed by atoms with Crippen molar-refractivity contribution in [2.75, 3.05) is 11.4 Å². The molecule has 2 amide bonds. The minimum atomic E-state index is -0.420. The Balaban J connectivity index is 1.98. The number of aryl methyl sites for hydroxylation is 2. The quantitative estimate of drug-likeness (QED) is 0.778. The van der Waals surface area contributed by atoms with Gasteiger partial charge in [-0.1, -0.05) is 29.3 Å². The fourth-order valence-corrected chi connectivity index (χ4v) is 3.72. The SMILES string of the molecule is Cc1ccc(N2C(=O)C(Cl)=C(N3CCCCC3C)C2=O)c(C)c1. The lowest BCUT2D eigenvalue weighted by Crippen LogP contribution is -2.41. The van der Waals surface area contributed by atoms with Crippen molar-refractivity contribution < 1.29 is 9.59 Å². The van der Waals surface area contributed by atoms with E-state index < -0.39 is 5.91 Å².